The number of rotatable bonds is 8. The van der Waals surface area contributed by atoms with Crippen molar-refractivity contribution >= 4 is 23.4 Å². The molecule has 6 nitrogen and oxygen atoms in total. The van der Waals surface area contributed by atoms with Crippen LogP contribution in [-0.2, 0) is 4.79 Å². The number of nitrogens with zero attached hydrogens (tertiary/aromatic N) is 2. The molecule has 1 N–H and O–H groups in total. The Bertz CT molecular complexity index is 1510. The molecule has 4 rings (SSSR count). The molecule has 0 fully saturated rings. The number of nitriles is 1. The van der Waals surface area contributed by atoms with Crippen LogP contribution in [0.2, 0.25) is 0 Å². The van der Waals surface area contributed by atoms with Crippen molar-refractivity contribution < 1.29 is 14.3 Å². The van der Waals surface area contributed by atoms with E-state index >= 15 is 0 Å². The van der Waals surface area contributed by atoms with Gasteiger partial charge in [-0.2, -0.15) is 5.26 Å². The maximum atomic E-state index is 13.1. The molecule has 1 heterocycles. The Balaban J connectivity index is 1.79. The van der Waals surface area contributed by atoms with Crippen LogP contribution in [0.3, 0.4) is 0 Å². The summed E-state index contributed by atoms with van der Waals surface area (Å²) in [5, 5.41) is 13.2. The second-order valence-electron chi connectivity index (χ2n) is 8.80. The van der Waals surface area contributed by atoms with E-state index in [0.29, 0.717) is 38.9 Å². The Morgan fingerprint density at radius 2 is 1.71 bits per heavy atom. The highest BCUT2D eigenvalue weighted by Crippen LogP contribution is 2.42. The third-order valence-electron chi connectivity index (χ3n) is 6.29. The zero-order valence-electron chi connectivity index (χ0n) is 22.0. The molecule has 0 saturated carbocycles. The van der Waals surface area contributed by atoms with Gasteiger partial charge in [0.15, 0.2) is 11.5 Å². The molecule has 7 heteroatoms. The number of nitrogens with one attached hydrogen (secondary N) is 1. The number of pyridine rings is 1. The first-order valence-corrected chi connectivity index (χ1v) is 13.0. The third kappa shape index (κ3) is 5.66. The maximum Gasteiger partial charge on any atom is 0.237 e. The second kappa shape index (κ2) is 11.8. The number of carbonyl (C=O) groups excluding carboxylic acids is 1. The van der Waals surface area contributed by atoms with Gasteiger partial charge in [-0.25, -0.2) is 4.98 Å². The zero-order chi connectivity index (χ0) is 27.2. The molecule has 3 aromatic carbocycles. The van der Waals surface area contributed by atoms with Crippen molar-refractivity contribution in [2.45, 2.75) is 31.0 Å². The topological polar surface area (TPSA) is 84.2 Å². The minimum atomic E-state index is -0.512. The lowest BCUT2D eigenvalue weighted by atomic mass is 9.98. The molecule has 192 valence electrons. The SMILES string of the molecule is COc1cccc(-c2cc(-c3ccccc3)nc(SC(C)C(=O)Nc3ccc(C)c(C)c3)c2C#N)c1OC. The number of aryl methyl sites for hydroxylation is 2. The van der Waals surface area contributed by atoms with Gasteiger partial charge in [0.05, 0.1) is 30.7 Å². The van der Waals surface area contributed by atoms with Crippen LogP contribution in [-0.4, -0.2) is 30.4 Å². The average molecular weight is 524 g/mol. The van der Waals surface area contributed by atoms with Crippen molar-refractivity contribution in [3.63, 3.8) is 0 Å². The van der Waals surface area contributed by atoms with E-state index in [0.717, 1.165) is 22.4 Å². The van der Waals surface area contributed by atoms with Crippen molar-refractivity contribution in [1.82, 2.24) is 4.98 Å². The number of para-hydroxylation sites is 1. The van der Waals surface area contributed by atoms with E-state index in [1.807, 2.05) is 93.6 Å². The van der Waals surface area contributed by atoms with E-state index < -0.39 is 5.25 Å². The van der Waals surface area contributed by atoms with E-state index in [1.165, 1.54) is 11.8 Å². The fourth-order valence-electron chi connectivity index (χ4n) is 4.07. The molecule has 0 aliphatic rings. The molecule has 1 amide bonds. The van der Waals surface area contributed by atoms with E-state index in [9.17, 15) is 10.1 Å². The number of methoxy groups -OCH3 is 2. The standard InChI is InChI=1S/C31H29N3O3S/c1-19-14-15-23(16-20(19)2)33-30(35)21(3)38-31-26(18-32)25(17-27(34-31)22-10-7-6-8-11-22)24-12-9-13-28(36-4)29(24)37-5/h6-17,21H,1-5H3,(H,33,35). The van der Waals surface area contributed by atoms with Crippen LogP contribution in [0.1, 0.15) is 23.6 Å². The van der Waals surface area contributed by atoms with E-state index in [1.54, 1.807) is 14.2 Å². The molecule has 1 unspecified atom stereocenters. The Morgan fingerprint density at radius 3 is 2.37 bits per heavy atom. The summed E-state index contributed by atoms with van der Waals surface area (Å²) < 4.78 is 11.2. The minimum absolute atomic E-state index is 0.172. The van der Waals surface area contributed by atoms with E-state index in [-0.39, 0.29) is 5.91 Å². The fraction of sp³-hybridized carbons (Fsp3) is 0.194. The first-order chi connectivity index (χ1) is 18.4. The van der Waals surface area contributed by atoms with Crippen molar-refractivity contribution in [3.8, 4) is 40.0 Å². The molecular formula is C31H29N3O3S. The van der Waals surface area contributed by atoms with E-state index in [2.05, 4.69) is 11.4 Å². The molecule has 1 atom stereocenters. The monoisotopic (exact) mass is 523 g/mol. The van der Waals surface area contributed by atoms with Crippen LogP contribution in [0.5, 0.6) is 11.5 Å². The number of carbonyl (C=O) groups is 1. The van der Waals surface area contributed by atoms with Gasteiger partial charge in [0.1, 0.15) is 11.1 Å². The number of hydrogen-bond donors (Lipinski definition) is 1. The summed E-state index contributed by atoms with van der Waals surface area (Å²) in [6, 6.07) is 25.3. The second-order valence-corrected chi connectivity index (χ2v) is 10.1. The molecule has 0 bridgehead atoms. The Kier molecular flexibility index (Phi) is 8.35. The number of aromatic nitrogens is 1. The van der Waals surface area contributed by atoms with Gasteiger partial charge in [0.25, 0.3) is 0 Å². The van der Waals surface area contributed by atoms with Crippen LogP contribution in [0.15, 0.2) is 77.8 Å². The molecule has 1 aromatic heterocycles. The third-order valence-corrected chi connectivity index (χ3v) is 7.38. The summed E-state index contributed by atoms with van der Waals surface area (Å²) >= 11 is 1.25. The zero-order valence-corrected chi connectivity index (χ0v) is 22.8. The molecule has 4 aromatic rings. The van der Waals surface area contributed by atoms with Crippen molar-refractivity contribution in [2.75, 3.05) is 19.5 Å². The normalized spacial score (nSPS) is 11.4. The Morgan fingerprint density at radius 1 is 0.947 bits per heavy atom. The van der Waals surface area contributed by atoms with Crippen LogP contribution in [0, 0.1) is 25.2 Å². The molecular weight excluding hydrogens is 494 g/mol. The summed E-state index contributed by atoms with van der Waals surface area (Å²) in [5.74, 6) is 0.907. The van der Waals surface area contributed by atoms with Gasteiger partial charge in [-0.15, -0.1) is 0 Å². The quantitative estimate of drug-likeness (QED) is 0.249. The van der Waals surface area contributed by atoms with Crippen LogP contribution in [0.25, 0.3) is 22.4 Å². The largest absolute Gasteiger partial charge is 0.493 e. The van der Waals surface area contributed by atoms with Crippen molar-refractivity contribution in [2.24, 2.45) is 0 Å². The summed E-state index contributed by atoms with van der Waals surface area (Å²) in [4.78, 5) is 18.0. The first kappa shape index (κ1) is 26.8. The summed E-state index contributed by atoms with van der Waals surface area (Å²) in [6.45, 7) is 5.85. The summed E-state index contributed by atoms with van der Waals surface area (Å²) in [7, 11) is 3.15. The highest BCUT2D eigenvalue weighted by atomic mass is 32.2. The van der Waals surface area contributed by atoms with Crippen LogP contribution >= 0.6 is 11.8 Å². The predicted molar refractivity (Wildman–Crippen MR) is 153 cm³/mol. The molecule has 0 saturated heterocycles. The predicted octanol–water partition coefficient (Wildman–Crippen LogP) is 7.04. The molecule has 38 heavy (non-hydrogen) atoms. The van der Waals surface area contributed by atoms with Crippen LogP contribution in [0.4, 0.5) is 5.69 Å². The molecule has 0 spiro atoms. The van der Waals surface area contributed by atoms with E-state index in [4.69, 9.17) is 14.5 Å². The summed E-state index contributed by atoms with van der Waals surface area (Å²) in [6.07, 6.45) is 0. The minimum Gasteiger partial charge on any atom is -0.493 e. The maximum absolute atomic E-state index is 13.1. The van der Waals surface area contributed by atoms with Crippen molar-refractivity contribution in [3.05, 3.63) is 89.5 Å². The van der Waals surface area contributed by atoms with Gasteiger partial charge >= 0.3 is 0 Å². The number of hydrogen-bond acceptors (Lipinski definition) is 6. The average Bonchev–Trinajstić information content (AvgIpc) is 2.94. The fourth-order valence-corrected chi connectivity index (χ4v) is 4.99. The Hall–Kier alpha value is -4.28. The number of benzene rings is 3. The summed E-state index contributed by atoms with van der Waals surface area (Å²) in [5.41, 5.74) is 6.31. The number of thioether (sulfide) groups is 1. The smallest absolute Gasteiger partial charge is 0.237 e. The van der Waals surface area contributed by atoms with Gasteiger partial charge in [-0.1, -0.05) is 60.3 Å². The Labute approximate surface area is 227 Å². The first-order valence-electron chi connectivity index (χ1n) is 12.1. The lowest BCUT2D eigenvalue weighted by Gasteiger charge is -2.18. The van der Waals surface area contributed by atoms with Crippen LogP contribution < -0.4 is 14.8 Å². The molecule has 0 aliphatic carbocycles. The van der Waals surface area contributed by atoms with Crippen molar-refractivity contribution in [1.29, 1.82) is 5.26 Å². The molecule has 0 aliphatic heterocycles. The highest BCUT2D eigenvalue weighted by molar-refractivity contribution is 8.00. The van der Waals surface area contributed by atoms with Gasteiger partial charge in [0.2, 0.25) is 5.91 Å². The number of anilines is 1. The highest BCUT2D eigenvalue weighted by Gasteiger charge is 2.23. The van der Waals surface area contributed by atoms with Gasteiger partial charge in [-0.3, -0.25) is 4.79 Å². The van der Waals surface area contributed by atoms with Gasteiger partial charge < -0.3 is 14.8 Å². The van der Waals surface area contributed by atoms with Gasteiger partial charge in [-0.05, 0) is 56.2 Å². The number of ether oxygens (including phenoxy) is 2. The molecule has 0 radical (unpaired) electrons. The van der Waals surface area contributed by atoms with Gasteiger partial charge in [0, 0.05) is 22.4 Å². The lowest BCUT2D eigenvalue weighted by Crippen LogP contribution is -2.22. The lowest BCUT2D eigenvalue weighted by molar-refractivity contribution is -0.115. The number of amides is 1.